The summed E-state index contributed by atoms with van der Waals surface area (Å²) in [4.78, 5) is 26.1. The van der Waals surface area contributed by atoms with E-state index < -0.39 is 0 Å². The van der Waals surface area contributed by atoms with Gasteiger partial charge in [-0.1, -0.05) is 31.2 Å². The van der Waals surface area contributed by atoms with Crippen LogP contribution in [0.5, 0.6) is 0 Å². The van der Waals surface area contributed by atoms with E-state index in [-0.39, 0.29) is 11.5 Å². The van der Waals surface area contributed by atoms with E-state index >= 15 is 0 Å². The minimum atomic E-state index is -0.139. The maximum Gasteiger partial charge on any atom is 0.258 e. The molecule has 3 rings (SSSR count). The average molecular weight is 340 g/mol. The van der Waals surface area contributed by atoms with Crippen LogP contribution in [0.25, 0.3) is 10.8 Å². The first-order valence-corrected chi connectivity index (χ1v) is 8.83. The van der Waals surface area contributed by atoms with Gasteiger partial charge in [0.15, 0.2) is 0 Å². The van der Waals surface area contributed by atoms with Crippen LogP contribution < -0.4 is 10.9 Å². The predicted molar refractivity (Wildman–Crippen MR) is 98.7 cm³/mol. The Morgan fingerprint density at radius 1 is 1.21 bits per heavy atom. The standard InChI is InChI=1S/C19H20N2O2S/c1-13(10-14-6-5-9-24-14)11-20-18(22)17-12-21(2)19(23)16-8-4-3-7-15(16)17/h3-9,12-13H,10-11H2,1-2H3,(H,20,22). The van der Waals surface area contributed by atoms with E-state index in [0.717, 1.165) is 6.42 Å². The normalized spacial score (nSPS) is 12.2. The number of nitrogens with one attached hydrogen (secondary N) is 1. The van der Waals surface area contributed by atoms with Gasteiger partial charge in [-0.25, -0.2) is 0 Å². The zero-order chi connectivity index (χ0) is 17.1. The maximum absolute atomic E-state index is 12.6. The van der Waals surface area contributed by atoms with E-state index in [1.54, 1.807) is 30.6 Å². The van der Waals surface area contributed by atoms with Crippen LogP contribution in [0.3, 0.4) is 0 Å². The van der Waals surface area contributed by atoms with E-state index in [2.05, 4.69) is 23.7 Å². The Labute approximate surface area is 144 Å². The number of carbonyl (C=O) groups excluding carboxylic acids is 1. The first kappa shape index (κ1) is 16.5. The van der Waals surface area contributed by atoms with Crippen molar-refractivity contribution in [3.8, 4) is 0 Å². The molecule has 0 bridgehead atoms. The van der Waals surface area contributed by atoms with Crippen molar-refractivity contribution in [2.45, 2.75) is 13.3 Å². The molecule has 124 valence electrons. The van der Waals surface area contributed by atoms with Gasteiger partial charge in [0, 0.05) is 35.4 Å². The van der Waals surface area contributed by atoms with Crippen LogP contribution in [0.15, 0.2) is 52.8 Å². The molecule has 0 fully saturated rings. The fourth-order valence-electron chi connectivity index (χ4n) is 2.80. The van der Waals surface area contributed by atoms with E-state index in [4.69, 9.17) is 0 Å². The summed E-state index contributed by atoms with van der Waals surface area (Å²) in [5.41, 5.74) is 0.448. The zero-order valence-electron chi connectivity index (χ0n) is 13.8. The summed E-state index contributed by atoms with van der Waals surface area (Å²) in [7, 11) is 1.67. The van der Waals surface area contributed by atoms with Gasteiger partial charge in [-0.2, -0.15) is 0 Å². The number of benzene rings is 1. The largest absolute Gasteiger partial charge is 0.352 e. The van der Waals surface area contributed by atoms with Crippen molar-refractivity contribution in [1.82, 2.24) is 9.88 Å². The number of aryl methyl sites for hydroxylation is 1. The number of thiophene rings is 1. The van der Waals surface area contributed by atoms with Gasteiger partial charge in [0.25, 0.3) is 11.5 Å². The number of pyridine rings is 1. The van der Waals surface area contributed by atoms with Crippen molar-refractivity contribution in [2.24, 2.45) is 13.0 Å². The Kier molecular flexibility index (Phi) is 4.81. The van der Waals surface area contributed by atoms with E-state index in [0.29, 0.717) is 28.8 Å². The maximum atomic E-state index is 12.6. The van der Waals surface area contributed by atoms with E-state index in [1.807, 2.05) is 24.3 Å². The van der Waals surface area contributed by atoms with Crippen LogP contribution in [-0.4, -0.2) is 17.0 Å². The van der Waals surface area contributed by atoms with Gasteiger partial charge in [0.1, 0.15) is 0 Å². The Balaban J connectivity index is 1.77. The number of fused-ring (bicyclic) bond motifs is 1. The van der Waals surface area contributed by atoms with Gasteiger partial charge >= 0.3 is 0 Å². The molecule has 4 nitrogen and oxygen atoms in total. The van der Waals surface area contributed by atoms with Crippen molar-refractivity contribution >= 4 is 28.0 Å². The number of hydrogen-bond donors (Lipinski definition) is 1. The number of carbonyl (C=O) groups is 1. The van der Waals surface area contributed by atoms with E-state index in [1.165, 1.54) is 9.44 Å². The Bertz CT molecular complexity index is 913. The minimum Gasteiger partial charge on any atom is -0.352 e. The van der Waals surface area contributed by atoms with Crippen molar-refractivity contribution in [1.29, 1.82) is 0 Å². The molecule has 0 radical (unpaired) electrons. The highest BCUT2D eigenvalue weighted by atomic mass is 32.1. The molecule has 5 heteroatoms. The predicted octanol–water partition coefficient (Wildman–Crippen LogP) is 3.21. The molecule has 1 N–H and O–H groups in total. The highest BCUT2D eigenvalue weighted by Crippen LogP contribution is 2.16. The molecule has 3 aromatic rings. The molecule has 1 amide bonds. The van der Waals surface area contributed by atoms with Gasteiger partial charge in [0.05, 0.1) is 5.56 Å². The molecule has 1 atom stereocenters. The summed E-state index contributed by atoms with van der Waals surface area (Å²) in [6.07, 6.45) is 2.57. The second-order valence-electron chi connectivity index (χ2n) is 6.10. The van der Waals surface area contributed by atoms with Crippen molar-refractivity contribution < 1.29 is 4.79 Å². The molecular formula is C19H20N2O2S. The topological polar surface area (TPSA) is 51.1 Å². The molecule has 0 spiro atoms. The van der Waals surface area contributed by atoms with Crippen LogP contribution in [0, 0.1) is 5.92 Å². The summed E-state index contributed by atoms with van der Waals surface area (Å²) in [6.45, 7) is 2.73. The molecule has 0 aliphatic carbocycles. The Morgan fingerprint density at radius 3 is 2.67 bits per heavy atom. The third kappa shape index (κ3) is 3.41. The highest BCUT2D eigenvalue weighted by molar-refractivity contribution is 7.09. The molecule has 1 unspecified atom stereocenters. The minimum absolute atomic E-state index is 0.0896. The van der Waals surface area contributed by atoms with Gasteiger partial charge < -0.3 is 9.88 Å². The lowest BCUT2D eigenvalue weighted by atomic mass is 10.1. The molecule has 2 heterocycles. The van der Waals surface area contributed by atoms with Crippen LogP contribution in [0.2, 0.25) is 0 Å². The fourth-order valence-corrected chi connectivity index (χ4v) is 3.67. The second-order valence-corrected chi connectivity index (χ2v) is 7.14. The SMILES string of the molecule is CC(CNC(=O)c1cn(C)c(=O)c2ccccc12)Cc1cccs1. The second kappa shape index (κ2) is 7.01. The van der Waals surface area contributed by atoms with Crippen molar-refractivity contribution in [3.05, 3.63) is 68.8 Å². The number of nitrogens with zero attached hydrogens (tertiary/aromatic N) is 1. The quantitative estimate of drug-likeness (QED) is 0.775. The van der Waals surface area contributed by atoms with Gasteiger partial charge in [-0.3, -0.25) is 9.59 Å². The van der Waals surface area contributed by atoms with Gasteiger partial charge in [0.2, 0.25) is 0 Å². The number of aromatic nitrogens is 1. The van der Waals surface area contributed by atoms with Gasteiger partial charge in [-0.05, 0) is 29.9 Å². The van der Waals surface area contributed by atoms with Crippen LogP contribution in [0.4, 0.5) is 0 Å². The monoisotopic (exact) mass is 340 g/mol. The number of hydrogen-bond acceptors (Lipinski definition) is 3. The number of amides is 1. The Morgan fingerprint density at radius 2 is 1.96 bits per heavy atom. The van der Waals surface area contributed by atoms with Crippen molar-refractivity contribution in [2.75, 3.05) is 6.54 Å². The number of rotatable bonds is 5. The zero-order valence-corrected chi connectivity index (χ0v) is 14.6. The van der Waals surface area contributed by atoms with Crippen LogP contribution in [-0.2, 0) is 13.5 Å². The molecule has 1 aromatic carbocycles. The first-order chi connectivity index (χ1) is 11.6. The summed E-state index contributed by atoms with van der Waals surface area (Å²) in [5, 5.41) is 6.33. The highest BCUT2D eigenvalue weighted by Gasteiger charge is 2.14. The fraction of sp³-hybridized carbons (Fsp3) is 0.263. The van der Waals surface area contributed by atoms with Gasteiger partial charge in [-0.15, -0.1) is 11.3 Å². The first-order valence-electron chi connectivity index (χ1n) is 7.95. The summed E-state index contributed by atoms with van der Waals surface area (Å²) in [6, 6.07) is 11.4. The summed E-state index contributed by atoms with van der Waals surface area (Å²) < 4.78 is 1.46. The van der Waals surface area contributed by atoms with Crippen molar-refractivity contribution in [3.63, 3.8) is 0 Å². The lowest BCUT2D eigenvalue weighted by Gasteiger charge is -2.13. The Hall–Kier alpha value is -2.40. The average Bonchev–Trinajstić information content (AvgIpc) is 3.09. The molecule has 2 aromatic heterocycles. The third-order valence-electron chi connectivity index (χ3n) is 4.08. The van der Waals surface area contributed by atoms with E-state index in [9.17, 15) is 9.59 Å². The molecule has 0 aliphatic heterocycles. The molecule has 24 heavy (non-hydrogen) atoms. The summed E-state index contributed by atoms with van der Waals surface area (Å²) in [5.74, 6) is 0.214. The third-order valence-corrected chi connectivity index (χ3v) is 4.97. The molecule has 0 saturated heterocycles. The summed E-state index contributed by atoms with van der Waals surface area (Å²) >= 11 is 1.74. The lowest BCUT2D eigenvalue weighted by molar-refractivity contribution is 0.0949. The lowest BCUT2D eigenvalue weighted by Crippen LogP contribution is -2.30. The van der Waals surface area contributed by atoms with Crippen LogP contribution >= 0.6 is 11.3 Å². The molecule has 0 aliphatic rings. The molecule has 0 saturated carbocycles. The molecular weight excluding hydrogens is 320 g/mol. The van der Waals surface area contributed by atoms with Crippen LogP contribution in [0.1, 0.15) is 22.2 Å². The smallest absolute Gasteiger partial charge is 0.258 e.